The summed E-state index contributed by atoms with van der Waals surface area (Å²) < 4.78 is 19.4. The maximum absolute atomic E-state index is 14.1. The fraction of sp³-hybridized carbons (Fsp3) is 0.346. The summed E-state index contributed by atoms with van der Waals surface area (Å²) in [5.74, 6) is 2.62. The van der Waals surface area contributed by atoms with Crippen LogP contribution in [-0.4, -0.2) is 13.3 Å². The summed E-state index contributed by atoms with van der Waals surface area (Å²) in [6, 6.07) is 20.0. The molecular formula is C26H27FO3. The molecule has 3 aromatic rings. The van der Waals surface area contributed by atoms with Crippen molar-refractivity contribution in [2.24, 2.45) is 5.92 Å². The maximum Gasteiger partial charge on any atom is 0.373 e. The van der Waals surface area contributed by atoms with Crippen LogP contribution < -0.4 is 4.74 Å². The minimum absolute atomic E-state index is 0.123. The van der Waals surface area contributed by atoms with E-state index >= 15 is 0 Å². The third-order valence-corrected chi connectivity index (χ3v) is 6.25. The largest absolute Gasteiger partial charge is 0.497 e. The number of carbonyl (C=O) groups excluding carboxylic acids is 2. The SMILES string of the molecule is COc1ccc([C@@H]2CC[C@H](C[C@H](C)c3ccc(F)c4ccccc34)C2)cc1.O=C=O. The van der Waals surface area contributed by atoms with Crippen molar-refractivity contribution in [3.8, 4) is 5.75 Å². The van der Waals surface area contributed by atoms with E-state index in [-0.39, 0.29) is 12.0 Å². The molecule has 0 aliphatic heterocycles. The van der Waals surface area contributed by atoms with Crippen LogP contribution in [0.5, 0.6) is 5.75 Å². The number of hydrogen-bond acceptors (Lipinski definition) is 3. The van der Waals surface area contributed by atoms with E-state index in [1.807, 2.05) is 24.3 Å². The molecule has 0 bridgehead atoms. The van der Waals surface area contributed by atoms with Crippen LogP contribution in [-0.2, 0) is 9.59 Å². The standard InChI is InChI=1S/C25H27FO.CO2/c1-17(22-13-14-25(26)24-6-4-3-5-23(22)24)15-18-7-8-20(16-18)19-9-11-21(27-2)12-10-19;2-1-3/h3-6,9-14,17-18,20H,7-8,15-16H2,1-2H3;/t17-,18+,20+;/m0./s1. The number of rotatable bonds is 5. The molecule has 1 aliphatic rings. The van der Waals surface area contributed by atoms with E-state index in [2.05, 4.69) is 37.3 Å². The van der Waals surface area contributed by atoms with Gasteiger partial charge in [-0.15, -0.1) is 0 Å². The van der Waals surface area contributed by atoms with Gasteiger partial charge in [-0.25, -0.2) is 4.39 Å². The Bertz CT molecular complexity index is 1010. The second kappa shape index (κ2) is 10.2. The van der Waals surface area contributed by atoms with Crippen molar-refractivity contribution in [2.45, 2.75) is 44.4 Å². The van der Waals surface area contributed by atoms with E-state index in [1.54, 1.807) is 13.2 Å². The minimum Gasteiger partial charge on any atom is -0.497 e. The molecule has 1 saturated carbocycles. The molecule has 0 heterocycles. The minimum atomic E-state index is -0.123. The van der Waals surface area contributed by atoms with Crippen molar-refractivity contribution in [3.05, 3.63) is 77.6 Å². The van der Waals surface area contributed by atoms with Gasteiger partial charge in [-0.3, -0.25) is 0 Å². The molecule has 0 radical (unpaired) electrons. The summed E-state index contributed by atoms with van der Waals surface area (Å²) in [5, 5.41) is 1.80. The van der Waals surface area contributed by atoms with Crippen LogP contribution in [0.4, 0.5) is 4.39 Å². The topological polar surface area (TPSA) is 43.4 Å². The predicted octanol–water partition coefficient (Wildman–Crippen LogP) is 6.48. The van der Waals surface area contributed by atoms with E-state index in [1.165, 1.54) is 36.8 Å². The predicted molar refractivity (Wildman–Crippen MR) is 115 cm³/mol. The zero-order valence-electron chi connectivity index (χ0n) is 17.4. The summed E-state index contributed by atoms with van der Waals surface area (Å²) >= 11 is 0. The number of halogens is 1. The van der Waals surface area contributed by atoms with Gasteiger partial charge >= 0.3 is 6.15 Å². The summed E-state index contributed by atoms with van der Waals surface area (Å²) in [4.78, 5) is 16.2. The molecule has 4 rings (SSSR count). The van der Waals surface area contributed by atoms with E-state index in [4.69, 9.17) is 14.3 Å². The number of ether oxygens (including phenoxy) is 1. The van der Waals surface area contributed by atoms with Gasteiger partial charge < -0.3 is 4.74 Å². The average Bonchev–Trinajstić information content (AvgIpc) is 3.23. The van der Waals surface area contributed by atoms with E-state index in [9.17, 15) is 4.39 Å². The molecule has 0 aromatic heterocycles. The highest BCUT2D eigenvalue weighted by Crippen LogP contribution is 2.43. The first-order chi connectivity index (χ1) is 14.6. The number of methoxy groups -OCH3 is 1. The van der Waals surface area contributed by atoms with Gasteiger partial charge in [0.15, 0.2) is 0 Å². The Morgan fingerprint density at radius 3 is 2.33 bits per heavy atom. The molecule has 156 valence electrons. The highest BCUT2D eigenvalue weighted by atomic mass is 19.1. The van der Waals surface area contributed by atoms with E-state index in [0.717, 1.165) is 22.4 Å². The molecule has 3 atom stereocenters. The van der Waals surface area contributed by atoms with Gasteiger partial charge in [0.05, 0.1) is 7.11 Å². The highest BCUT2D eigenvalue weighted by molar-refractivity contribution is 5.86. The lowest BCUT2D eigenvalue weighted by molar-refractivity contribution is -0.191. The van der Waals surface area contributed by atoms with Gasteiger partial charge in [0.2, 0.25) is 0 Å². The fourth-order valence-electron chi connectivity index (χ4n) is 4.81. The molecule has 0 amide bonds. The Labute approximate surface area is 176 Å². The average molecular weight is 406 g/mol. The van der Waals surface area contributed by atoms with Crippen molar-refractivity contribution < 1.29 is 18.7 Å². The van der Waals surface area contributed by atoms with Gasteiger partial charge in [0.25, 0.3) is 0 Å². The van der Waals surface area contributed by atoms with Gasteiger partial charge in [0, 0.05) is 5.39 Å². The first kappa shape index (κ1) is 21.7. The molecule has 30 heavy (non-hydrogen) atoms. The zero-order chi connectivity index (χ0) is 21.5. The molecular weight excluding hydrogens is 379 g/mol. The van der Waals surface area contributed by atoms with Crippen LogP contribution in [0.2, 0.25) is 0 Å². The third kappa shape index (κ3) is 4.95. The van der Waals surface area contributed by atoms with Gasteiger partial charge in [-0.2, -0.15) is 9.59 Å². The fourth-order valence-corrected chi connectivity index (χ4v) is 4.81. The molecule has 0 unspecified atom stereocenters. The van der Waals surface area contributed by atoms with Crippen LogP contribution in [0.3, 0.4) is 0 Å². The monoisotopic (exact) mass is 406 g/mol. The molecule has 1 fully saturated rings. The first-order valence-electron chi connectivity index (χ1n) is 10.4. The number of hydrogen-bond donors (Lipinski definition) is 0. The quantitative estimate of drug-likeness (QED) is 0.487. The number of benzene rings is 3. The maximum atomic E-state index is 14.1. The summed E-state index contributed by atoms with van der Waals surface area (Å²) in [6.07, 6.45) is 5.20. The Morgan fingerprint density at radius 1 is 1.00 bits per heavy atom. The first-order valence-corrected chi connectivity index (χ1v) is 10.4. The Morgan fingerprint density at radius 2 is 1.67 bits per heavy atom. The molecule has 3 nitrogen and oxygen atoms in total. The smallest absolute Gasteiger partial charge is 0.373 e. The third-order valence-electron chi connectivity index (χ3n) is 6.25. The van der Waals surface area contributed by atoms with Crippen molar-refractivity contribution in [2.75, 3.05) is 7.11 Å². The van der Waals surface area contributed by atoms with Gasteiger partial charge in [-0.1, -0.05) is 49.4 Å². The highest BCUT2D eigenvalue weighted by Gasteiger charge is 2.27. The molecule has 0 N–H and O–H groups in total. The van der Waals surface area contributed by atoms with Crippen LogP contribution in [0.1, 0.15) is 55.6 Å². The van der Waals surface area contributed by atoms with Crippen molar-refractivity contribution >= 4 is 16.9 Å². The van der Waals surface area contributed by atoms with Gasteiger partial charge in [-0.05, 0) is 78.1 Å². The Kier molecular flexibility index (Phi) is 7.37. The van der Waals surface area contributed by atoms with Crippen LogP contribution >= 0.6 is 0 Å². The van der Waals surface area contributed by atoms with Crippen LogP contribution in [0, 0.1) is 11.7 Å². The summed E-state index contributed by atoms with van der Waals surface area (Å²) in [6.45, 7) is 2.29. The lowest BCUT2D eigenvalue weighted by Crippen LogP contribution is -2.04. The molecule has 0 spiro atoms. The summed E-state index contributed by atoms with van der Waals surface area (Å²) in [7, 11) is 1.71. The van der Waals surface area contributed by atoms with Crippen molar-refractivity contribution in [3.63, 3.8) is 0 Å². The number of fused-ring (bicyclic) bond motifs is 1. The second-order valence-corrected chi connectivity index (χ2v) is 8.05. The van der Waals surface area contributed by atoms with Crippen molar-refractivity contribution in [1.29, 1.82) is 0 Å². The molecule has 0 saturated heterocycles. The molecule has 3 aromatic carbocycles. The van der Waals surface area contributed by atoms with Crippen LogP contribution in [0.15, 0.2) is 60.7 Å². The van der Waals surface area contributed by atoms with E-state index < -0.39 is 0 Å². The summed E-state index contributed by atoms with van der Waals surface area (Å²) in [5.41, 5.74) is 2.71. The van der Waals surface area contributed by atoms with Gasteiger partial charge in [0.1, 0.15) is 11.6 Å². The second-order valence-electron chi connectivity index (χ2n) is 8.05. The molecule has 1 aliphatic carbocycles. The lowest BCUT2D eigenvalue weighted by atomic mass is 9.86. The van der Waals surface area contributed by atoms with Crippen molar-refractivity contribution in [1.82, 2.24) is 0 Å². The lowest BCUT2D eigenvalue weighted by Gasteiger charge is -2.19. The van der Waals surface area contributed by atoms with Crippen LogP contribution in [0.25, 0.3) is 10.8 Å². The zero-order valence-corrected chi connectivity index (χ0v) is 17.4. The normalized spacial score (nSPS) is 18.9. The van der Waals surface area contributed by atoms with E-state index in [0.29, 0.717) is 11.8 Å². The Balaban J connectivity index is 0.000000806. The Hall–Kier alpha value is -2.97. The molecule has 4 heteroatoms.